The molecular formula is C21H35N3O3. The van der Waals surface area contributed by atoms with Crippen molar-refractivity contribution in [2.24, 2.45) is 11.3 Å². The molecule has 0 radical (unpaired) electrons. The first-order valence-electron chi connectivity index (χ1n) is 15.6. The van der Waals surface area contributed by atoms with Gasteiger partial charge in [0.05, 0.1) is 6.61 Å². The average molecular weight is 390 g/mol. The summed E-state index contributed by atoms with van der Waals surface area (Å²) in [6, 6.07) is 0.239. The topological polar surface area (TPSA) is 61.9 Å². The van der Waals surface area contributed by atoms with E-state index in [1.165, 1.54) is 0 Å². The minimum Gasteiger partial charge on any atom is -0.450 e. The number of hydrogen-bond donors (Lipinski definition) is 1. The maximum Gasteiger partial charge on any atom is 0.409 e. The second kappa shape index (κ2) is 7.26. The fourth-order valence-corrected chi connectivity index (χ4v) is 4.84. The molecule has 2 saturated carbocycles. The van der Waals surface area contributed by atoms with Crippen molar-refractivity contribution < 1.29 is 30.8 Å². The Morgan fingerprint density at radius 3 is 2.74 bits per heavy atom. The van der Waals surface area contributed by atoms with Crippen molar-refractivity contribution in [3.05, 3.63) is 0 Å². The van der Waals surface area contributed by atoms with Gasteiger partial charge in [0.2, 0.25) is 5.91 Å². The number of likely N-dealkylation sites (tertiary alicyclic amines) is 2. The molecule has 2 amide bonds. The minimum atomic E-state index is -3.32. The van der Waals surface area contributed by atoms with Gasteiger partial charge in [-0.1, -0.05) is 0 Å². The van der Waals surface area contributed by atoms with Gasteiger partial charge in [0.15, 0.2) is 0 Å². The highest BCUT2D eigenvalue weighted by atomic mass is 16.6. The van der Waals surface area contributed by atoms with Gasteiger partial charge in [-0.05, 0) is 83.4 Å². The van der Waals surface area contributed by atoms with Crippen molar-refractivity contribution in [2.45, 2.75) is 76.5 Å². The second-order valence-corrected chi connectivity index (χ2v) is 8.21. The minimum absolute atomic E-state index is 0.0512. The van der Waals surface area contributed by atoms with E-state index in [0.29, 0.717) is 39.0 Å². The van der Waals surface area contributed by atoms with Crippen LogP contribution in [0.4, 0.5) is 4.79 Å². The van der Waals surface area contributed by atoms with Crippen LogP contribution in [0, 0.1) is 11.3 Å². The number of carbonyl (C=O) groups excluding carboxylic acids is 2. The Hall–Kier alpha value is -1.30. The molecule has 6 nitrogen and oxygen atoms in total. The van der Waals surface area contributed by atoms with Crippen LogP contribution in [-0.4, -0.2) is 66.2 Å². The van der Waals surface area contributed by atoms with Crippen molar-refractivity contribution in [3.63, 3.8) is 0 Å². The van der Waals surface area contributed by atoms with Crippen LogP contribution in [0.2, 0.25) is 0 Å². The van der Waals surface area contributed by atoms with Crippen molar-refractivity contribution in [3.8, 4) is 0 Å². The van der Waals surface area contributed by atoms with E-state index in [9.17, 15) is 9.59 Å². The van der Waals surface area contributed by atoms with E-state index in [-0.39, 0.29) is 11.5 Å². The van der Waals surface area contributed by atoms with Crippen LogP contribution in [0.5, 0.6) is 0 Å². The number of piperidine rings is 1. The van der Waals surface area contributed by atoms with Gasteiger partial charge in [-0.25, -0.2) is 4.79 Å². The van der Waals surface area contributed by atoms with Crippen molar-refractivity contribution in [2.75, 3.05) is 32.8 Å². The maximum absolute atomic E-state index is 13.1. The number of hydrogen-bond acceptors (Lipinski definition) is 4. The molecule has 6 heteroatoms. The fraction of sp³-hybridized carbons (Fsp3) is 0.905. The summed E-state index contributed by atoms with van der Waals surface area (Å²) < 4.78 is 97.9. The Balaban J connectivity index is 1.29. The maximum atomic E-state index is 13.1. The van der Waals surface area contributed by atoms with Crippen LogP contribution in [0.15, 0.2) is 0 Å². The summed E-state index contributed by atoms with van der Waals surface area (Å²) in [6.45, 7) is -4.23. The van der Waals surface area contributed by atoms with E-state index < -0.39 is 62.9 Å². The van der Waals surface area contributed by atoms with Crippen LogP contribution in [0.3, 0.4) is 0 Å². The lowest BCUT2D eigenvalue weighted by molar-refractivity contribution is -0.130. The number of ether oxygens (including phenoxy) is 1. The van der Waals surface area contributed by atoms with Gasteiger partial charge < -0.3 is 19.9 Å². The molecule has 1 N–H and O–H groups in total. The highest BCUT2D eigenvalue weighted by Crippen LogP contribution is 2.50. The molecule has 0 aromatic heterocycles. The van der Waals surface area contributed by atoms with Gasteiger partial charge in [-0.3, -0.25) is 4.79 Å². The smallest absolute Gasteiger partial charge is 0.409 e. The molecule has 0 aromatic rings. The predicted molar refractivity (Wildman–Crippen MR) is 103 cm³/mol. The van der Waals surface area contributed by atoms with Crippen LogP contribution in [0.25, 0.3) is 0 Å². The van der Waals surface area contributed by atoms with E-state index in [4.69, 9.17) is 21.2 Å². The number of nitrogens with zero attached hydrogens (tertiary/aromatic N) is 2. The van der Waals surface area contributed by atoms with Gasteiger partial charge in [-0.15, -0.1) is 0 Å². The van der Waals surface area contributed by atoms with Crippen molar-refractivity contribution >= 4 is 12.0 Å². The summed E-state index contributed by atoms with van der Waals surface area (Å²) in [5.74, 6) is -1.45. The molecule has 2 aliphatic carbocycles. The quantitative estimate of drug-likeness (QED) is 0.803. The summed E-state index contributed by atoms with van der Waals surface area (Å²) in [6.07, 6.45) is -6.85. The molecule has 152 valence electrons. The Morgan fingerprint density at radius 2 is 2.04 bits per heavy atom. The fourth-order valence-electron chi connectivity index (χ4n) is 4.84. The first kappa shape index (κ1) is 9.47. The van der Waals surface area contributed by atoms with Crippen LogP contribution < -0.4 is 5.32 Å². The molecule has 0 unspecified atom stereocenters. The molecule has 4 aliphatic rings. The van der Waals surface area contributed by atoms with Crippen LogP contribution in [0.1, 0.15) is 81.4 Å². The van der Waals surface area contributed by atoms with E-state index in [1.54, 1.807) is 4.90 Å². The molecule has 2 heterocycles. The first-order chi connectivity index (χ1) is 17.6. The molecule has 2 aliphatic heterocycles. The number of carbonyl (C=O) groups is 2. The summed E-state index contributed by atoms with van der Waals surface area (Å²) in [4.78, 5) is 29.1. The third-order valence-electron chi connectivity index (χ3n) is 6.46. The van der Waals surface area contributed by atoms with Crippen molar-refractivity contribution in [1.82, 2.24) is 15.1 Å². The standard InChI is InChI=1S/C21H35N3O3/c1-3-27-19(26)24-12-9-21(15-24)13-17(14-21)23-10-5-16(6-11-23)18(25)22-20(2)7-4-8-20/h16-17H,3-15H2,1-2H3,(H,22,25)/i1D3,2D3,4D2,7D2,8D2. The molecule has 4 fully saturated rings. The second-order valence-electron chi connectivity index (χ2n) is 8.21. The van der Waals surface area contributed by atoms with E-state index in [1.807, 2.05) is 0 Å². The highest BCUT2D eigenvalue weighted by Gasteiger charge is 2.51. The molecule has 27 heavy (non-hydrogen) atoms. The Morgan fingerprint density at radius 1 is 1.26 bits per heavy atom. The molecule has 0 bridgehead atoms. The lowest BCUT2D eigenvalue weighted by Crippen LogP contribution is -2.56. The summed E-state index contributed by atoms with van der Waals surface area (Å²) >= 11 is 0. The van der Waals surface area contributed by atoms with Gasteiger partial charge in [-0.2, -0.15) is 0 Å². The highest BCUT2D eigenvalue weighted by molar-refractivity contribution is 5.79. The van der Waals surface area contributed by atoms with Gasteiger partial charge >= 0.3 is 6.09 Å². The molecule has 2 saturated heterocycles. The lowest BCUT2D eigenvalue weighted by Gasteiger charge is -2.51. The van der Waals surface area contributed by atoms with Crippen LogP contribution >= 0.6 is 0 Å². The average Bonchev–Trinajstić information content (AvgIpc) is 3.24. The summed E-state index contributed by atoms with van der Waals surface area (Å²) in [5.41, 5.74) is -3.06. The third kappa shape index (κ3) is 3.82. The van der Waals surface area contributed by atoms with E-state index in [0.717, 1.165) is 19.3 Å². The number of rotatable bonds is 4. The Labute approximate surface area is 179 Å². The monoisotopic (exact) mass is 389 g/mol. The number of nitrogens with one attached hydrogen (secondary N) is 1. The van der Waals surface area contributed by atoms with E-state index in [2.05, 4.69) is 10.2 Å². The summed E-state index contributed by atoms with van der Waals surface area (Å²) in [7, 11) is 0. The molecule has 0 atom stereocenters. The Kier molecular flexibility index (Phi) is 2.55. The number of amides is 2. The third-order valence-corrected chi connectivity index (χ3v) is 6.46. The molecule has 1 spiro atoms. The Bertz CT molecular complexity index is 967. The zero-order valence-electron chi connectivity index (χ0n) is 27.3. The molecular weight excluding hydrogens is 342 g/mol. The molecule has 0 aromatic carbocycles. The SMILES string of the molecule is [2H]C([2H])([2H])COC(=O)N1CCC2(CC(N3CCC(C(=O)NC4(C([2H])([2H])[2H])C([2H])([2H])C([2H])([2H])C4([2H])[2H])CC3)C2)C1. The zero-order chi connectivity index (χ0) is 29.4. The van der Waals surface area contributed by atoms with Crippen molar-refractivity contribution in [1.29, 1.82) is 0 Å². The lowest BCUT2D eigenvalue weighted by atomic mass is 9.64. The first-order valence-corrected chi connectivity index (χ1v) is 9.59. The zero-order valence-corrected chi connectivity index (χ0v) is 15.3. The van der Waals surface area contributed by atoms with Gasteiger partial charge in [0.25, 0.3) is 0 Å². The van der Waals surface area contributed by atoms with Gasteiger partial charge in [0, 0.05) is 47.0 Å². The van der Waals surface area contributed by atoms with Crippen LogP contribution in [-0.2, 0) is 9.53 Å². The summed E-state index contributed by atoms with van der Waals surface area (Å²) in [5, 5.41) is 2.13. The predicted octanol–water partition coefficient (Wildman–Crippen LogP) is 2.77. The van der Waals surface area contributed by atoms with Gasteiger partial charge in [0.1, 0.15) is 0 Å². The van der Waals surface area contributed by atoms with E-state index >= 15 is 0 Å². The molecule has 4 rings (SSSR count). The normalized spacial score (nSPS) is 41.0. The largest absolute Gasteiger partial charge is 0.450 e.